The van der Waals surface area contributed by atoms with Crippen LogP contribution in [-0.2, 0) is 16.1 Å². The lowest BCUT2D eigenvalue weighted by atomic mass is 10.2. The van der Waals surface area contributed by atoms with Crippen molar-refractivity contribution >= 4 is 21.9 Å². The van der Waals surface area contributed by atoms with Gasteiger partial charge in [-0.1, -0.05) is 28.1 Å². The van der Waals surface area contributed by atoms with Gasteiger partial charge in [0.25, 0.3) is 0 Å². The van der Waals surface area contributed by atoms with Gasteiger partial charge in [-0.2, -0.15) is 0 Å². The van der Waals surface area contributed by atoms with Crippen molar-refractivity contribution in [2.75, 3.05) is 20.8 Å². The normalized spacial score (nSPS) is 10.0. The number of carbonyl (C=O) groups is 1. The van der Waals surface area contributed by atoms with E-state index < -0.39 is 5.97 Å². The zero-order chi connectivity index (χ0) is 16.7. The first-order valence-corrected chi connectivity index (χ1v) is 7.66. The molecule has 0 spiro atoms. The van der Waals surface area contributed by atoms with Crippen molar-refractivity contribution in [3.05, 3.63) is 52.5 Å². The van der Waals surface area contributed by atoms with Crippen LogP contribution in [0.25, 0.3) is 0 Å². The van der Waals surface area contributed by atoms with E-state index in [4.69, 9.17) is 18.9 Å². The summed E-state index contributed by atoms with van der Waals surface area (Å²) >= 11 is 3.34. The van der Waals surface area contributed by atoms with E-state index in [1.54, 1.807) is 38.5 Å². The SMILES string of the molecule is COc1ccc(COC(=O)COc2cccc(Br)c2)cc1OC. The molecular formula is C17H17BrO5. The number of benzene rings is 2. The van der Waals surface area contributed by atoms with Crippen LogP contribution in [0.2, 0.25) is 0 Å². The van der Waals surface area contributed by atoms with E-state index in [1.165, 1.54) is 0 Å². The molecule has 0 saturated carbocycles. The number of carbonyl (C=O) groups excluding carboxylic acids is 1. The molecule has 0 bridgehead atoms. The molecule has 0 atom stereocenters. The smallest absolute Gasteiger partial charge is 0.344 e. The Labute approximate surface area is 143 Å². The monoisotopic (exact) mass is 380 g/mol. The first-order valence-electron chi connectivity index (χ1n) is 6.87. The molecule has 0 fully saturated rings. The Kier molecular flexibility index (Phi) is 6.29. The van der Waals surface area contributed by atoms with Crippen LogP contribution in [0.4, 0.5) is 0 Å². The molecule has 0 aliphatic rings. The molecule has 0 saturated heterocycles. The third-order valence-corrected chi connectivity index (χ3v) is 3.49. The Morgan fingerprint density at radius 2 is 1.83 bits per heavy atom. The molecule has 0 aliphatic heterocycles. The molecule has 0 radical (unpaired) electrons. The van der Waals surface area contributed by atoms with E-state index in [2.05, 4.69) is 15.9 Å². The molecule has 2 rings (SSSR count). The molecule has 0 N–H and O–H groups in total. The first kappa shape index (κ1) is 17.1. The topological polar surface area (TPSA) is 54.0 Å². The fourth-order valence-electron chi connectivity index (χ4n) is 1.87. The zero-order valence-electron chi connectivity index (χ0n) is 12.9. The average molecular weight is 381 g/mol. The summed E-state index contributed by atoms with van der Waals surface area (Å²) < 4.78 is 21.8. The summed E-state index contributed by atoms with van der Waals surface area (Å²) in [6, 6.07) is 12.6. The summed E-state index contributed by atoms with van der Waals surface area (Å²) in [5, 5.41) is 0. The van der Waals surface area contributed by atoms with Crippen molar-refractivity contribution in [1.82, 2.24) is 0 Å². The summed E-state index contributed by atoms with van der Waals surface area (Å²) in [5.41, 5.74) is 0.804. The number of hydrogen-bond acceptors (Lipinski definition) is 5. The largest absolute Gasteiger partial charge is 0.493 e. The minimum Gasteiger partial charge on any atom is -0.493 e. The number of rotatable bonds is 7. The van der Waals surface area contributed by atoms with Crippen molar-refractivity contribution in [3.8, 4) is 17.2 Å². The van der Waals surface area contributed by atoms with Crippen LogP contribution in [0.15, 0.2) is 46.9 Å². The first-order chi connectivity index (χ1) is 11.1. The van der Waals surface area contributed by atoms with Gasteiger partial charge >= 0.3 is 5.97 Å². The predicted octanol–water partition coefficient (Wildman–Crippen LogP) is 3.59. The van der Waals surface area contributed by atoms with E-state index in [1.807, 2.05) is 18.2 Å². The molecular weight excluding hydrogens is 364 g/mol. The Morgan fingerprint density at radius 1 is 1.04 bits per heavy atom. The number of ether oxygens (including phenoxy) is 4. The molecule has 2 aromatic carbocycles. The van der Waals surface area contributed by atoms with Crippen LogP contribution in [0.1, 0.15) is 5.56 Å². The lowest BCUT2D eigenvalue weighted by molar-refractivity contribution is -0.147. The van der Waals surface area contributed by atoms with Gasteiger partial charge in [-0.3, -0.25) is 0 Å². The zero-order valence-corrected chi connectivity index (χ0v) is 14.5. The van der Waals surface area contributed by atoms with Crippen molar-refractivity contribution in [2.45, 2.75) is 6.61 Å². The van der Waals surface area contributed by atoms with E-state index >= 15 is 0 Å². The van der Waals surface area contributed by atoms with E-state index in [0.29, 0.717) is 17.2 Å². The van der Waals surface area contributed by atoms with Crippen LogP contribution < -0.4 is 14.2 Å². The minimum atomic E-state index is -0.445. The third-order valence-electron chi connectivity index (χ3n) is 3.00. The fraction of sp³-hybridized carbons (Fsp3) is 0.235. The maximum absolute atomic E-state index is 11.7. The summed E-state index contributed by atoms with van der Waals surface area (Å²) in [7, 11) is 3.12. The van der Waals surface area contributed by atoms with Crippen LogP contribution in [0.3, 0.4) is 0 Å². The molecule has 0 unspecified atom stereocenters. The molecule has 0 amide bonds. The Balaban J connectivity index is 1.84. The van der Waals surface area contributed by atoms with Gasteiger partial charge in [-0.15, -0.1) is 0 Å². The predicted molar refractivity (Wildman–Crippen MR) is 89.0 cm³/mol. The number of halogens is 1. The van der Waals surface area contributed by atoms with E-state index in [-0.39, 0.29) is 13.2 Å². The van der Waals surface area contributed by atoms with Gasteiger partial charge in [0.1, 0.15) is 12.4 Å². The second kappa shape index (κ2) is 8.43. The molecule has 6 heteroatoms. The van der Waals surface area contributed by atoms with Gasteiger partial charge in [0.2, 0.25) is 0 Å². The Bertz CT molecular complexity index is 672. The maximum atomic E-state index is 11.7. The van der Waals surface area contributed by atoms with Gasteiger partial charge in [-0.25, -0.2) is 4.79 Å². The highest BCUT2D eigenvalue weighted by Crippen LogP contribution is 2.27. The van der Waals surface area contributed by atoms with Gasteiger partial charge < -0.3 is 18.9 Å². The van der Waals surface area contributed by atoms with E-state index in [0.717, 1.165) is 10.0 Å². The highest BCUT2D eigenvalue weighted by molar-refractivity contribution is 9.10. The Hall–Kier alpha value is -2.21. The molecule has 23 heavy (non-hydrogen) atoms. The van der Waals surface area contributed by atoms with Gasteiger partial charge in [-0.05, 0) is 35.9 Å². The molecule has 0 heterocycles. The summed E-state index contributed by atoms with van der Waals surface area (Å²) in [6.07, 6.45) is 0. The van der Waals surface area contributed by atoms with E-state index in [9.17, 15) is 4.79 Å². The quantitative estimate of drug-likeness (QED) is 0.687. The third kappa shape index (κ3) is 5.17. The summed E-state index contributed by atoms with van der Waals surface area (Å²) in [5.74, 6) is 1.37. The molecule has 5 nitrogen and oxygen atoms in total. The van der Waals surface area contributed by atoms with Crippen molar-refractivity contribution in [3.63, 3.8) is 0 Å². The second-order valence-corrected chi connectivity index (χ2v) is 5.51. The number of hydrogen-bond donors (Lipinski definition) is 0. The fourth-order valence-corrected chi connectivity index (χ4v) is 2.25. The van der Waals surface area contributed by atoms with Gasteiger partial charge in [0.05, 0.1) is 14.2 Å². The van der Waals surface area contributed by atoms with Crippen LogP contribution in [0, 0.1) is 0 Å². The maximum Gasteiger partial charge on any atom is 0.344 e. The summed E-state index contributed by atoms with van der Waals surface area (Å²) in [6.45, 7) is -0.00915. The van der Waals surface area contributed by atoms with Crippen molar-refractivity contribution in [1.29, 1.82) is 0 Å². The minimum absolute atomic E-state index is 0.140. The lowest BCUT2D eigenvalue weighted by Gasteiger charge is -2.10. The van der Waals surface area contributed by atoms with Crippen LogP contribution in [-0.4, -0.2) is 26.8 Å². The number of methoxy groups -OCH3 is 2. The highest BCUT2D eigenvalue weighted by atomic mass is 79.9. The van der Waals surface area contributed by atoms with Crippen molar-refractivity contribution in [2.24, 2.45) is 0 Å². The van der Waals surface area contributed by atoms with Crippen LogP contribution in [0.5, 0.6) is 17.2 Å². The average Bonchev–Trinajstić information content (AvgIpc) is 2.57. The second-order valence-electron chi connectivity index (χ2n) is 4.60. The van der Waals surface area contributed by atoms with Gasteiger partial charge in [0, 0.05) is 4.47 Å². The van der Waals surface area contributed by atoms with Crippen LogP contribution >= 0.6 is 15.9 Å². The molecule has 0 aliphatic carbocycles. The van der Waals surface area contributed by atoms with Crippen molar-refractivity contribution < 1.29 is 23.7 Å². The summed E-state index contributed by atoms with van der Waals surface area (Å²) in [4.78, 5) is 11.7. The molecule has 0 aromatic heterocycles. The molecule has 122 valence electrons. The van der Waals surface area contributed by atoms with Gasteiger partial charge in [0.15, 0.2) is 18.1 Å². The number of esters is 1. The Morgan fingerprint density at radius 3 is 2.52 bits per heavy atom. The highest BCUT2D eigenvalue weighted by Gasteiger charge is 2.08. The standard InChI is InChI=1S/C17H17BrO5/c1-20-15-7-6-12(8-16(15)21-2)10-23-17(19)11-22-14-5-3-4-13(18)9-14/h3-9H,10-11H2,1-2H3. The molecule has 2 aromatic rings. The lowest BCUT2D eigenvalue weighted by Crippen LogP contribution is -2.14.